The van der Waals surface area contributed by atoms with Crippen LogP contribution in [0.2, 0.25) is 0 Å². The van der Waals surface area contributed by atoms with Crippen LogP contribution in [0, 0.1) is 0 Å². The Morgan fingerprint density at radius 3 is 2.75 bits per heavy atom. The van der Waals surface area contributed by atoms with E-state index in [-0.39, 0.29) is 5.91 Å². The maximum atomic E-state index is 12.3. The second-order valence-corrected chi connectivity index (χ2v) is 6.22. The van der Waals surface area contributed by atoms with Crippen LogP contribution in [0.3, 0.4) is 0 Å². The van der Waals surface area contributed by atoms with Crippen molar-refractivity contribution in [2.75, 3.05) is 46.9 Å². The summed E-state index contributed by atoms with van der Waals surface area (Å²) in [7, 11) is 4.14. The van der Waals surface area contributed by atoms with Gasteiger partial charge in [0.15, 0.2) is 0 Å². The van der Waals surface area contributed by atoms with E-state index in [0.717, 1.165) is 51.9 Å². The summed E-state index contributed by atoms with van der Waals surface area (Å²) in [6, 6.07) is 0.399. The molecular weight excluding hydrogens is 254 g/mol. The first-order valence-electron chi connectivity index (χ1n) is 7.93. The van der Waals surface area contributed by atoms with Crippen molar-refractivity contribution in [3.63, 3.8) is 0 Å². The molecule has 1 atom stereocenters. The molecule has 5 nitrogen and oxygen atoms in total. The van der Waals surface area contributed by atoms with E-state index in [9.17, 15) is 4.79 Å². The second-order valence-electron chi connectivity index (χ2n) is 6.22. The predicted octanol–water partition coefficient (Wildman–Crippen LogP) is 0.698. The topological polar surface area (TPSA) is 44.8 Å². The molecule has 116 valence electrons. The molecule has 1 unspecified atom stereocenters. The van der Waals surface area contributed by atoms with Crippen molar-refractivity contribution >= 4 is 5.91 Å². The lowest BCUT2D eigenvalue weighted by Crippen LogP contribution is -2.41. The average molecular weight is 283 g/mol. The lowest BCUT2D eigenvalue weighted by Gasteiger charge is -2.28. The van der Waals surface area contributed by atoms with E-state index < -0.39 is 0 Å². The molecule has 0 saturated carbocycles. The zero-order valence-corrected chi connectivity index (χ0v) is 12.9. The summed E-state index contributed by atoms with van der Waals surface area (Å²) in [6.45, 7) is 4.55. The molecule has 0 bridgehead atoms. The van der Waals surface area contributed by atoms with E-state index in [1.165, 1.54) is 0 Å². The summed E-state index contributed by atoms with van der Waals surface area (Å²) in [5.74, 6) is 0.267. The molecule has 2 fully saturated rings. The highest BCUT2D eigenvalue weighted by Gasteiger charge is 2.28. The van der Waals surface area contributed by atoms with Gasteiger partial charge in [-0.2, -0.15) is 0 Å². The van der Waals surface area contributed by atoms with Gasteiger partial charge in [0.1, 0.15) is 0 Å². The maximum Gasteiger partial charge on any atom is 0.225 e. The average Bonchev–Trinajstić information content (AvgIpc) is 2.87. The van der Waals surface area contributed by atoms with Crippen LogP contribution in [0.15, 0.2) is 0 Å². The molecule has 2 aliphatic heterocycles. The third-order valence-electron chi connectivity index (χ3n) is 4.23. The Labute approximate surface area is 122 Å². The van der Waals surface area contributed by atoms with Crippen LogP contribution in [0.5, 0.6) is 0 Å². The van der Waals surface area contributed by atoms with Gasteiger partial charge in [0.2, 0.25) is 5.91 Å². The fourth-order valence-corrected chi connectivity index (χ4v) is 3.19. The number of nitrogens with zero attached hydrogens (tertiary/aromatic N) is 2. The Bertz CT molecular complexity index is 303. The van der Waals surface area contributed by atoms with Gasteiger partial charge in [-0.15, -0.1) is 0 Å². The minimum absolute atomic E-state index is 0.267. The highest BCUT2D eigenvalue weighted by molar-refractivity contribution is 5.77. The lowest BCUT2D eigenvalue weighted by molar-refractivity contribution is -0.134. The van der Waals surface area contributed by atoms with Gasteiger partial charge in [0.05, 0.1) is 19.1 Å². The third kappa shape index (κ3) is 4.72. The number of ether oxygens (including phenoxy) is 1. The second kappa shape index (κ2) is 7.96. The van der Waals surface area contributed by atoms with Crippen LogP contribution in [0.1, 0.15) is 32.1 Å². The molecule has 2 rings (SSSR count). The molecule has 0 aliphatic carbocycles. The van der Waals surface area contributed by atoms with E-state index in [4.69, 9.17) is 4.74 Å². The molecule has 5 heteroatoms. The van der Waals surface area contributed by atoms with Crippen LogP contribution in [-0.2, 0) is 9.53 Å². The SMILES string of the molecule is CN(C)CC1CCCN1C(=O)CCOC1CCNCC1. The lowest BCUT2D eigenvalue weighted by atomic mass is 10.1. The van der Waals surface area contributed by atoms with E-state index in [2.05, 4.69) is 29.2 Å². The van der Waals surface area contributed by atoms with Crippen molar-refractivity contribution in [2.45, 2.75) is 44.2 Å². The van der Waals surface area contributed by atoms with Crippen LogP contribution < -0.4 is 5.32 Å². The molecule has 2 aliphatic rings. The van der Waals surface area contributed by atoms with Gasteiger partial charge in [-0.3, -0.25) is 4.79 Å². The molecule has 0 aromatic rings. The predicted molar refractivity (Wildman–Crippen MR) is 79.7 cm³/mol. The number of hydrogen-bond acceptors (Lipinski definition) is 4. The van der Waals surface area contributed by atoms with Gasteiger partial charge < -0.3 is 19.9 Å². The first-order chi connectivity index (χ1) is 9.66. The zero-order chi connectivity index (χ0) is 14.4. The minimum Gasteiger partial charge on any atom is -0.378 e. The Morgan fingerprint density at radius 1 is 1.30 bits per heavy atom. The Kier molecular flexibility index (Phi) is 6.26. The van der Waals surface area contributed by atoms with Gasteiger partial charge in [-0.25, -0.2) is 0 Å². The summed E-state index contributed by atoms with van der Waals surface area (Å²) < 4.78 is 5.83. The molecular formula is C15H29N3O2. The molecule has 0 spiro atoms. The summed E-state index contributed by atoms with van der Waals surface area (Å²) in [5.41, 5.74) is 0. The molecule has 1 N–H and O–H groups in total. The van der Waals surface area contributed by atoms with Gasteiger partial charge in [-0.05, 0) is 52.9 Å². The Morgan fingerprint density at radius 2 is 2.05 bits per heavy atom. The number of carbonyl (C=O) groups excluding carboxylic acids is 1. The maximum absolute atomic E-state index is 12.3. The number of likely N-dealkylation sites (tertiary alicyclic amines) is 1. The van der Waals surface area contributed by atoms with Gasteiger partial charge in [-0.1, -0.05) is 0 Å². The van der Waals surface area contributed by atoms with Gasteiger partial charge in [0, 0.05) is 19.1 Å². The highest BCUT2D eigenvalue weighted by Crippen LogP contribution is 2.19. The molecule has 0 aromatic carbocycles. The number of rotatable bonds is 6. The molecule has 2 heterocycles. The van der Waals surface area contributed by atoms with Crippen molar-refractivity contribution in [2.24, 2.45) is 0 Å². The summed E-state index contributed by atoms with van der Waals surface area (Å²) in [4.78, 5) is 16.5. The molecule has 0 radical (unpaired) electrons. The highest BCUT2D eigenvalue weighted by atomic mass is 16.5. The number of carbonyl (C=O) groups is 1. The minimum atomic E-state index is 0.267. The van der Waals surface area contributed by atoms with Crippen molar-refractivity contribution in [1.82, 2.24) is 15.1 Å². The third-order valence-corrected chi connectivity index (χ3v) is 4.23. The van der Waals surface area contributed by atoms with Crippen molar-refractivity contribution in [1.29, 1.82) is 0 Å². The summed E-state index contributed by atoms with van der Waals surface area (Å²) >= 11 is 0. The number of hydrogen-bond donors (Lipinski definition) is 1. The zero-order valence-electron chi connectivity index (χ0n) is 12.9. The summed E-state index contributed by atoms with van der Waals surface area (Å²) in [6.07, 6.45) is 5.30. The summed E-state index contributed by atoms with van der Waals surface area (Å²) in [5, 5.41) is 3.32. The fraction of sp³-hybridized carbons (Fsp3) is 0.933. The van der Waals surface area contributed by atoms with Gasteiger partial charge in [0.25, 0.3) is 0 Å². The van der Waals surface area contributed by atoms with E-state index in [1.54, 1.807) is 0 Å². The quantitative estimate of drug-likeness (QED) is 0.779. The first-order valence-corrected chi connectivity index (χ1v) is 7.93. The molecule has 1 amide bonds. The number of nitrogens with one attached hydrogen (secondary N) is 1. The fourth-order valence-electron chi connectivity index (χ4n) is 3.19. The van der Waals surface area contributed by atoms with Crippen molar-refractivity contribution in [3.05, 3.63) is 0 Å². The van der Waals surface area contributed by atoms with Crippen LogP contribution >= 0.6 is 0 Å². The van der Waals surface area contributed by atoms with Gasteiger partial charge >= 0.3 is 0 Å². The van der Waals surface area contributed by atoms with E-state index in [1.807, 2.05) is 0 Å². The molecule has 20 heavy (non-hydrogen) atoms. The number of likely N-dealkylation sites (N-methyl/N-ethyl adjacent to an activating group) is 1. The Balaban J connectivity index is 1.68. The van der Waals surface area contributed by atoms with Crippen molar-refractivity contribution in [3.8, 4) is 0 Å². The largest absolute Gasteiger partial charge is 0.378 e. The van der Waals surface area contributed by atoms with Crippen LogP contribution in [0.4, 0.5) is 0 Å². The van der Waals surface area contributed by atoms with Crippen LogP contribution in [0.25, 0.3) is 0 Å². The monoisotopic (exact) mass is 283 g/mol. The number of amides is 1. The first kappa shape index (κ1) is 15.7. The van der Waals surface area contributed by atoms with E-state index >= 15 is 0 Å². The van der Waals surface area contributed by atoms with Crippen LogP contribution in [-0.4, -0.2) is 74.7 Å². The van der Waals surface area contributed by atoms with Crippen molar-refractivity contribution < 1.29 is 9.53 Å². The molecule has 0 aromatic heterocycles. The smallest absolute Gasteiger partial charge is 0.225 e. The molecule has 2 saturated heterocycles. The number of piperidine rings is 1. The Hall–Kier alpha value is -0.650. The van der Waals surface area contributed by atoms with E-state index in [0.29, 0.717) is 25.2 Å². The standard InChI is InChI=1S/C15H29N3O2/c1-17(2)12-13-4-3-10-18(13)15(19)7-11-20-14-5-8-16-9-6-14/h13-14,16H,3-12H2,1-2H3. The normalized spacial score (nSPS) is 24.6.